The molecule has 7 nitrogen and oxygen atoms in total. The Balaban J connectivity index is 1.57. The van der Waals surface area contributed by atoms with E-state index in [0.29, 0.717) is 17.9 Å². The van der Waals surface area contributed by atoms with Crippen molar-refractivity contribution in [1.82, 2.24) is 10.2 Å². The van der Waals surface area contributed by atoms with Crippen LogP contribution in [0.4, 0.5) is 0 Å². The molecule has 1 heterocycles. The topological polar surface area (TPSA) is 84.9 Å². The molecular formula is C34H46N2O5S2. The Hall–Kier alpha value is -2.49. The Morgan fingerprint density at radius 2 is 1.79 bits per heavy atom. The second-order valence-electron chi connectivity index (χ2n) is 11.5. The third kappa shape index (κ3) is 9.50. The number of aryl methyl sites for hydroxylation is 1. The second-order valence-corrected chi connectivity index (χ2v) is 13.7. The van der Waals surface area contributed by atoms with E-state index in [1.165, 1.54) is 26.4 Å². The quantitative estimate of drug-likeness (QED) is 0.268. The number of nitrogens with one attached hydrogen (secondary N) is 1. The van der Waals surface area contributed by atoms with Gasteiger partial charge < -0.3 is 19.7 Å². The molecule has 1 aliphatic carbocycles. The van der Waals surface area contributed by atoms with Crippen molar-refractivity contribution in [3.63, 3.8) is 0 Å². The summed E-state index contributed by atoms with van der Waals surface area (Å²) in [4.78, 5) is 41.6. The van der Waals surface area contributed by atoms with Crippen molar-refractivity contribution >= 4 is 41.3 Å². The van der Waals surface area contributed by atoms with E-state index in [-0.39, 0.29) is 18.4 Å². The summed E-state index contributed by atoms with van der Waals surface area (Å²) in [6, 6.07) is 12.9. The number of ether oxygens (including phenoxy) is 2. The van der Waals surface area contributed by atoms with E-state index in [0.717, 1.165) is 71.9 Å². The normalized spacial score (nSPS) is 17.2. The fourth-order valence-electron chi connectivity index (χ4n) is 5.99. The lowest BCUT2D eigenvalue weighted by Gasteiger charge is -2.32. The monoisotopic (exact) mass is 626 g/mol. The summed E-state index contributed by atoms with van der Waals surface area (Å²) in [5.74, 6) is 2.52. The molecule has 0 aromatic heterocycles. The van der Waals surface area contributed by atoms with Gasteiger partial charge in [-0.2, -0.15) is 23.5 Å². The molecule has 2 aromatic rings. The first kappa shape index (κ1) is 33.4. The number of carbonyl (C=O) groups is 3. The highest BCUT2D eigenvalue weighted by molar-refractivity contribution is 7.99. The van der Waals surface area contributed by atoms with Crippen molar-refractivity contribution in [1.29, 1.82) is 0 Å². The van der Waals surface area contributed by atoms with E-state index in [4.69, 9.17) is 9.47 Å². The van der Waals surface area contributed by atoms with Gasteiger partial charge in [-0.25, -0.2) is 4.79 Å². The predicted octanol–water partition coefficient (Wildman–Crippen LogP) is 6.12. The number of amides is 2. The van der Waals surface area contributed by atoms with E-state index < -0.39 is 18.1 Å². The second kappa shape index (κ2) is 17.1. The predicted molar refractivity (Wildman–Crippen MR) is 177 cm³/mol. The molecule has 2 aliphatic rings. The van der Waals surface area contributed by atoms with Crippen LogP contribution in [-0.2, 0) is 25.7 Å². The maximum absolute atomic E-state index is 13.6. The summed E-state index contributed by atoms with van der Waals surface area (Å²) < 4.78 is 11.4. The fraction of sp³-hybridized carbons (Fsp3) is 0.559. The van der Waals surface area contributed by atoms with Gasteiger partial charge in [-0.1, -0.05) is 62.4 Å². The van der Waals surface area contributed by atoms with Crippen LogP contribution in [0.15, 0.2) is 42.5 Å². The van der Waals surface area contributed by atoms with Crippen LogP contribution in [0.3, 0.4) is 0 Å². The van der Waals surface area contributed by atoms with Gasteiger partial charge in [-0.05, 0) is 72.1 Å². The van der Waals surface area contributed by atoms with Gasteiger partial charge in [-0.15, -0.1) is 0 Å². The molecule has 1 saturated heterocycles. The third-order valence-corrected chi connectivity index (χ3v) is 10.1. The van der Waals surface area contributed by atoms with E-state index >= 15 is 0 Å². The maximum atomic E-state index is 13.6. The molecule has 2 atom stereocenters. The van der Waals surface area contributed by atoms with Crippen LogP contribution < -0.4 is 5.32 Å². The minimum absolute atomic E-state index is 0.111. The van der Waals surface area contributed by atoms with Gasteiger partial charge in [0, 0.05) is 30.2 Å². The molecule has 1 saturated carbocycles. The lowest BCUT2D eigenvalue weighted by molar-refractivity contribution is -0.146. The van der Waals surface area contributed by atoms with Crippen LogP contribution in [0.2, 0.25) is 0 Å². The average molecular weight is 627 g/mol. The van der Waals surface area contributed by atoms with Crippen molar-refractivity contribution in [2.24, 2.45) is 5.92 Å². The van der Waals surface area contributed by atoms with Crippen LogP contribution >= 0.6 is 23.5 Å². The Morgan fingerprint density at radius 3 is 2.49 bits per heavy atom. The Bertz CT molecular complexity index is 1230. The third-order valence-electron chi connectivity index (χ3n) is 8.49. The molecule has 0 radical (unpaired) electrons. The number of esters is 1. The zero-order valence-electron chi connectivity index (χ0n) is 25.8. The molecule has 1 aliphatic heterocycles. The van der Waals surface area contributed by atoms with Crippen LogP contribution in [0.5, 0.6) is 0 Å². The highest BCUT2D eigenvalue weighted by Gasteiger charge is 2.30. The number of carbonyl (C=O) groups excluding carboxylic acids is 3. The van der Waals surface area contributed by atoms with E-state index in [1.54, 1.807) is 17.8 Å². The van der Waals surface area contributed by atoms with Gasteiger partial charge in [0.15, 0.2) is 0 Å². The molecule has 2 amide bonds. The molecule has 0 bridgehead atoms. The largest absolute Gasteiger partial charge is 0.467 e. The molecular weight excluding hydrogens is 581 g/mol. The molecule has 234 valence electrons. The van der Waals surface area contributed by atoms with Crippen LogP contribution in [0, 0.1) is 12.8 Å². The molecule has 2 fully saturated rings. The zero-order valence-corrected chi connectivity index (χ0v) is 27.4. The lowest BCUT2D eigenvalue weighted by atomic mass is 9.85. The molecule has 0 spiro atoms. The highest BCUT2D eigenvalue weighted by Crippen LogP contribution is 2.31. The summed E-state index contributed by atoms with van der Waals surface area (Å²) in [7, 11) is 1.34. The molecule has 4 rings (SSSR count). The van der Waals surface area contributed by atoms with Crippen LogP contribution in [0.25, 0.3) is 11.1 Å². The average Bonchev–Trinajstić information content (AvgIpc) is 3.05. The van der Waals surface area contributed by atoms with Crippen molar-refractivity contribution in [3.8, 4) is 11.1 Å². The number of hydrogen-bond acceptors (Lipinski definition) is 7. The van der Waals surface area contributed by atoms with Crippen LogP contribution in [0.1, 0.15) is 66.4 Å². The zero-order chi connectivity index (χ0) is 30.6. The minimum atomic E-state index is -0.725. The van der Waals surface area contributed by atoms with Gasteiger partial charge in [-0.3, -0.25) is 9.59 Å². The van der Waals surface area contributed by atoms with Crippen molar-refractivity contribution in [2.45, 2.75) is 70.6 Å². The van der Waals surface area contributed by atoms with Gasteiger partial charge in [0.05, 0.1) is 13.7 Å². The number of rotatable bonds is 13. The molecule has 2 aromatic carbocycles. The summed E-state index contributed by atoms with van der Waals surface area (Å²) in [6.45, 7) is 3.86. The first-order valence-electron chi connectivity index (χ1n) is 15.5. The number of nitrogens with zero attached hydrogens (tertiary/aromatic N) is 1. The lowest BCUT2D eigenvalue weighted by Crippen LogP contribution is -2.45. The first-order valence-corrected chi connectivity index (χ1v) is 18.0. The first-order chi connectivity index (χ1) is 20.9. The van der Waals surface area contributed by atoms with Crippen molar-refractivity contribution < 1.29 is 23.9 Å². The highest BCUT2D eigenvalue weighted by atomic mass is 32.2. The number of thioether (sulfide) groups is 2. The molecule has 1 N–H and O–H groups in total. The van der Waals surface area contributed by atoms with Gasteiger partial charge in [0.2, 0.25) is 0 Å². The summed E-state index contributed by atoms with van der Waals surface area (Å²) in [5.41, 5.74) is 4.13. The minimum Gasteiger partial charge on any atom is -0.467 e. The summed E-state index contributed by atoms with van der Waals surface area (Å²) in [6.07, 6.45) is 8.79. The van der Waals surface area contributed by atoms with Crippen LogP contribution in [-0.4, -0.2) is 78.5 Å². The summed E-state index contributed by atoms with van der Waals surface area (Å²) >= 11 is 3.51. The number of benzene rings is 2. The van der Waals surface area contributed by atoms with Gasteiger partial charge >= 0.3 is 5.97 Å². The van der Waals surface area contributed by atoms with Gasteiger partial charge in [0.25, 0.3) is 11.8 Å². The molecule has 9 heteroatoms. The van der Waals surface area contributed by atoms with E-state index in [2.05, 4.69) is 5.32 Å². The van der Waals surface area contributed by atoms with E-state index in [1.807, 2.05) is 66.2 Å². The standard InChI is InChI=1S/C34H46N2O5S2/c1-24-9-7-8-12-27(24)29-21-26(13-14-28(29)32(37)35-30(15-18-42-3)34(39)40-2)23-41-31(22-25-10-5-4-6-11-25)33(38)36-16-19-43-20-17-36/h7-9,12-14,21,25,30-31H,4-6,10-11,15-20,22-23H2,1-3H3,(H,35,37)/t30?,31-/m0/s1. The fourth-order valence-corrected chi connectivity index (χ4v) is 7.36. The Morgan fingerprint density at radius 1 is 1.05 bits per heavy atom. The van der Waals surface area contributed by atoms with Gasteiger partial charge in [0.1, 0.15) is 12.1 Å². The molecule has 43 heavy (non-hydrogen) atoms. The number of methoxy groups -OCH3 is 1. The maximum Gasteiger partial charge on any atom is 0.328 e. The SMILES string of the molecule is COC(=O)C(CCSC)NC(=O)c1ccc(CO[C@@H](CC2CCCCC2)C(=O)N2CCSCC2)cc1-c1ccccc1C. The van der Waals surface area contributed by atoms with Crippen molar-refractivity contribution in [3.05, 3.63) is 59.2 Å². The Kier molecular flexibility index (Phi) is 13.3. The van der Waals surface area contributed by atoms with E-state index in [9.17, 15) is 14.4 Å². The number of hydrogen-bond donors (Lipinski definition) is 1. The smallest absolute Gasteiger partial charge is 0.328 e. The molecule has 1 unspecified atom stereocenters. The summed E-state index contributed by atoms with van der Waals surface area (Å²) in [5, 5.41) is 2.90. The van der Waals surface area contributed by atoms with Crippen molar-refractivity contribution in [2.75, 3.05) is 43.7 Å². The Labute approximate surface area is 265 Å².